The molecule has 1 aromatic heterocycles. The molecule has 1 aromatic rings. The number of hydrogen-bond acceptors (Lipinski definition) is 7. The molecule has 2 amide bonds. The van der Waals surface area contributed by atoms with Crippen molar-refractivity contribution in [2.75, 3.05) is 17.3 Å². The average molecular weight is 267 g/mol. The first-order valence-corrected chi connectivity index (χ1v) is 6.59. The van der Waals surface area contributed by atoms with Crippen LogP contribution in [0.5, 0.6) is 0 Å². The van der Waals surface area contributed by atoms with Crippen LogP contribution in [0.1, 0.15) is 12.8 Å². The molecule has 1 unspecified atom stereocenters. The first-order valence-electron chi connectivity index (χ1n) is 5.37. The Morgan fingerprint density at radius 1 is 1.50 bits per heavy atom. The van der Waals surface area contributed by atoms with Gasteiger partial charge in [0.05, 0.1) is 0 Å². The summed E-state index contributed by atoms with van der Waals surface area (Å²) in [5, 5.41) is 5.76. The quantitative estimate of drug-likeness (QED) is 0.401. The zero-order valence-corrected chi connectivity index (χ0v) is 10.6. The van der Waals surface area contributed by atoms with Crippen LogP contribution in [0.25, 0.3) is 0 Å². The van der Waals surface area contributed by atoms with Crippen molar-refractivity contribution in [2.45, 2.75) is 24.0 Å². The average Bonchev–Trinajstić information content (AvgIpc) is 2.32. The Labute approximate surface area is 108 Å². The van der Waals surface area contributed by atoms with Crippen molar-refractivity contribution in [1.82, 2.24) is 15.3 Å². The van der Waals surface area contributed by atoms with Crippen LogP contribution in [-0.2, 0) is 9.59 Å². The monoisotopic (exact) mass is 267 g/mol. The van der Waals surface area contributed by atoms with Crippen molar-refractivity contribution < 1.29 is 9.59 Å². The van der Waals surface area contributed by atoms with Gasteiger partial charge in [-0.2, -0.15) is 0 Å². The number of nitrogens with zero attached hydrogens (tertiary/aromatic N) is 2. The van der Waals surface area contributed by atoms with Gasteiger partial charge in [-0.05, 0) is 12.7 Å². The number of piperidine rings is 1. The number of carbonyl (C=O) groups is 2. The van der Waals surface area contributed by atoms with E-state index in [1.54, 1.807) is 6.07 Å². The molecule has 4 N–H and O–H groups in total. The van der Waals surface area contributed by atoms with E-state index < -0.39 is 6.04 Å². The Balaban J connectivity index is 2.11. The molecule has 0 bridgehead atoms. The SMILES string of the molecule is CSc1nc(N)cc(NC2CCC(=O)NC2=O)n1. The van der Waals surface area contributed by atoms with Crippen LogP contribution in [-0.4, -0.2) is 34.1 Å². The number of nitrogen functional groups attached to an aromatic ring is 1. The lowest BCUT2D eigenvalue weighted by Crippen LogP contribution is -2.47. The van der Waals surface area contributed by atoms with Gasteiger partial charge in [-0.1, -0.05) is 11.8 Å². The Morgan fingerprint density at radius 2 is 2.28 bits per heavy atom. The van der Waals surface area contributed by atoms with Crippen LogP contribution in [0.15, 0.2) is 11.2 Å². The zero-order chi connectivity index (χ0) is 13.1. The molecule has 7 nitrogen and oxygen atoms in total. The predicted octanol–water partition coefficient (Wildman–Crippen LogP) is -0.00220. The van der Waals surface area contributed by atoms with Gasteiger partial charge in [-0.25, -0.2) is 9.97 Å². The van der Waals surface area contributed by atoms with E-state index >= 15 is 0 Å². The second-order valence-corrected chi connectivity index (χ2v) is 4.59. The fraction of sp³-hybridized carbons (Fsp3) is 0.400. The van der Waals surface area contributed by atoms with E-state index in [4.69, 9.17) is 5.73 Å². The summed E-state index contributed by atoms with van der Waals surface area (Å²) >= 11 is 1.36. The van der Waals surface area contributed by atoms with Gasteiger partial charge in [-0.15, -0.1) is 0 Å². The van der Waals surface area contributed by atoms with Gasteiger partial charge < -0.3 is 11.1 Å². The maximum atomic E-state index is 11.6. The van der Waals surface area contributed by atoms with E-state index in [0.717, 1.165) is 0 Å². The van der Waals surface area contributed by atoms with Crippen molar-refractivity contribution >= 4 is 35.2 Å². The van der Waals surface area contributed by atoms with Crippen LogP contribution < -0.4 is 16.4 Å². The van der Waals surface area contributed by atoms with E-state index in [2.05, 4.69) is 20.6 Å². The Bertz CT molecular complexity index is 493. The highest BCUT2D eigenvalue weighted by atomic mass is 32.2. The van der Waals surface area contributed by atoms with E-state index in [1.165, 1.54) is 11.8 Å². The Hall–Kier alpha value is -1.83. The highest BCUT2D eigenvalue weighted by molar-refractivity contribution is 7.98. The molecule has 0 aliphatic carbocycles. The molecule has 1 saturated heterocycles. The molecule has 2 rings (SSSR count). The molecule has 0 radical (unpaired) electrons. The number of amides is 2. The van der Waals surface area contributed by atoms with Gasteiger partial charge in [0.25, 0.3) is 0 Å². The summed E-state index contributed by atoms with van der Waals surface area (Å²) < 4.78 is 0. The standard InChI is InChI=1S/C10H13N5O2S/c1-18-10-13-6(11)4-7(14-10)12-5-2-3-8(16)15-9(5)17/h4-5H,2-3H2,1H3,(H,15,16,17)(H3,11,12,13,14). The van der Waals surface area contributed by atoms with Gasteiger partial charge in [0.15, 0.2) is 5.16 Å². The summed E-state index contributed by atoms with van der Waals surface area (Å²) in [6.07, 6.45) is 2.60. The highest BCUT2D eigenvalue weighted by Gasteiger charge is 2.26. The molecular weight excluding hydrogens is 254 g/mol. The molecule has 0 spiro atoms. The zero-order valence-electron chi connectivity index (χ0n) is 9.77. The number of carbonyl (C=O) groups excluding carboxylic acids is 2. The van der Waals surface area contributed by atoms with E-state index in [1.807, 2.05) is 6.26 Å². The maximum absolute atomic E-state index is 11.6. The van der Waals surface area contributed by atoms with Crippen LogP contribution >= 0.6 is 11.8 Å². The lowest BCUT2D eigenvalue weighted by Gasteiger charge is -2.22. The maximum Gasteiger partial charge on any atom is 0.249 e. The number of thioether (sulfide) groups is 1. The summed E-state index contributed by atoms with van der Waals surface area (Å²) in [5.74, 6) is 0.240. The fourth-order valence-corrected chi connectivity index (χ4v) is 2.00. The summed E-state index contributed by atoms with van der Waals surface area (Å²) in [6.45, 7) is 0. The van der Waals surface area contributed by atoms with Crippen molar-refractivity contribution in [3.05, 3.63) is 6.07 Å². The fourth-order valence-electron chi connectivity index (χ4n) is 1.62. The third-order valence-corrected chi connectivity index (χ3v) is 3.02. The highest BCUT2D eigenvalue weighted by Crippen LogP contribution is 2.17. The number of nitrogens with one attached hydrogen (secondary N) is 2. The third-order valence-electron chi connectivity index (χ3n) is 2.47. The number of rotatable bonds is 3. The van der Waals surface area contributed by atoms with E-state index in [9.17, 15) is 9.59 Å². The minimum atomic E-state index is -0.466. The van der Waals surface area contributed by atoms with Crippen LogP contribution in [0.4, 0.5) is 11.6 Å². The molecule has 2 heterocycles. The van der Waals surface area contributed by atoms with E-state index in [0.29, 0.717) is 29.6 Å². The molecule has 1 aliphatic rings. The molecule has 0 aromatic carbocycles. The Kier molecular flexibility index (Phi) is 3.66. The number of aromatic nitrogens is 2. The van der Waals surface area contributed by atoms with Crippen LogP contribution in [0.3, 0.4) is 0 Å². The first-order chi connectivity index (χ1) is 8.58. The summed E-state index contributed by atoms with van der Waals surface area (Å²) in [4.78, 5) is 30.8. The smallest absolute Gasteiger partial charge is 0.249 e. The number of imide groups is 1. The van der Waals surface area contributed by atoms with Crippen molar-refractivity contribution in [1.29, 1.82) is 0 Å². The second kappa shape index (κ2) is 5.21. The van der Waals surface area contributed by atoms with Gasteiger partial charge in [0.1, 0.15) is 17.7 Å². The molecule has 96 valence electrons. The molecular formula is C10H13N5O2S. The van der Waals surface area contributed by atoms with Gasteiger partial charge in [-0.3, -0.25) is 14.9 Å². The van der Waals surface area contributed by atoms with Crippen molar-refractivity contribution in [3.8, 4) is 0 Å². The molecule has 1 fully saturated rings. The van der Waals surface area contributed by atoms with Crippen molar-refractivity contribution in [2.24, 2.45) is 0 Å². The number of anilines is 2. The van der Waals surface area contributed by atoms with Crippen molar-refractivity contribution in [3.63, 3.8) is 0 Å². The Morgan fingerprint density at radius 3 is 2.94 bits per heavy atom. The largest absolute Gasteiger partial charge is 0.383 e. The first kappa shape index (κ1) is 12.6. The lowest BCUT2D eigenvalue weighted by atomic mass is 10.1. The summed E-state index contributed by atoms with van der Waals surface area (Å²) in [7, 11) is 0. The summed E-state index contributed by atoms with van der Waals surface area (Å²) in [6, 6.07) is 1.09. The normalized spacial score (nSPS) is 19.5. The third kappa shape index (κ3) is 2.89. The molecule has 18 heavy (non-hydrogen) atoms. The predicted molar refractivity (Wildman–Crippen MR) is 68.0 cm³/mol. The van der Waals surface area contributed by atoms with Crippen LogP contribution in [0, 0.1) is 0 Å². The minimum absolute atomic E-state index is 0.245. The number of hydrogen-bond donors (Lipinski definition) is 3. The minimum Gasteiger partial charge on any atom is -0.383 e. The topological polar surface area (TPSA) is 110 Å². The molecule has 8 heteroatoms. The molecule has 1 atom stereocenters. The van der Waals surface area contributed by atoms with Gasteiger partial charge in [0, 0.05) is 12.5 Å². The molecule has 0 saturated carbocycles. The summed E-state index contributed by atoms with van der Waals surface area (Å²) in [5.41, 5.74) is 5.64. The second-order valence-electron chi connectivity index (χ2n) is 3.81. The van der Waals surface area contributed by atoms with Gasteiger partial charge >= 0.3 is 0 Å². The van der Waals surface area contributed by atoms with Gasteiger partial charge in [0.2, 0.25) is 11.8 Å². The van der Waals surface area contributed by atoms with Crippen LogP contribution in [0.2, 0.25) is 0 Å². The van der Waals surface area contributed by atoms with E-state index in [-0.39, 0.29) is 11.8 Å². The number of nitrogens with two attached hydrogens (primary N) is 1. The lowest BCUT2D eigenvalue weighted by molar-refractivity contribution is -0.133. The molecule has 1 aliphatic heterocycles.